The first-order valence-corrected chi connectivity index (χ1v) is 6.00. The van der Waals surface area contributed by atoms with Crippen molar-refractivity contribution in [2.24, 2.45) is 0 Å². The van der Waals surface area contributed by atoms with E-state index in [1.807, 2.05) is 6.07 Å². The predicted molar refractivity (Wildman–Crippen MR) is 63.0 cm³/mol. The third-order valence-corrected chi connectivity index (χ3v) is 3.28. The lowest BCUT2D eigenvalue weighted by Gasteiger charge is -2.11. The van der Waals surface area contributed by atoms with Gasteiger partial charge in [-0.1, -0.05) is 0 Å². The van der Waals surface area contributed by atoms with Crippen molar-refractivity contribution in [2.75, 3.05) is 0 Å². The number of nitrogens with one attached hydrogen (secondary N) is 1. The summed E-state index contributed by atoms with van der Waals surface area (Å²) in [6, 6.07) is 4.52. The maximum absolute atomic E-state index is 5.37. The van der Waals surface area contributed by atoms with E-state index < -0.39 is 0 Å². The monoisotopic (exact) mass is 221 g/mol. The van der Waals surface area contributed by atoms with E-state index in [0.29, 0.717) is 6.04 Å². The fourth-order valence-corrected chi connectivity index (χ4v) is 2.22. The summed E-state index contributed by atoms with van der Waals surface area (Å²) in [5, 5.41) is 7.72. The van der Waals surface area contributed by atoms with Gasteiger partial charge in [0.05, 0.1) is 12.8 Å². The number of aryl methyl sites for hydroxylation is 1. The highest BCUT2D eigenvalue weighted by Crippen LogP contribution is 2.17. The average Bonchev–Trinajstić information content (AvgIpc) is 2.85. The molecule has 15 heavy (non-hydrogen) atoms. The molecule has 3 heteroatoms. The molecule has 0 bridgehead atoms. The van der Waals surface area contributed by atoms with Crippen molar-refractivity contribution in [1.29, 1.82) is 0 Å². The van der Waals surface area contributed by atoms with Crippen molar-refractivity contribution in [3.8, 4) is 0 Å². The highest BCUT2D eigenvalue weighted by Gasteiger charge is 2.07. The molecule has 2 aromatic heterocycles. The van der Waals surface area contributed by atoms with Crippen LogP contribution in [0.25, 0.3) is 0 Å². The Hall–Kier alpha value is -1.06. The van der Waals surface area contributed by atoms with Gasteiger partial charge in [-0.25, -0.2) is 0 Å². The Balaban J connectivity index is 1.91. The quantitative estimate of drug-likeness (QED) is 0.854. The van der Waals surface area contributed by atoms with Crippen LogP contribution in [0.2, 0.25) is 0 Å². The minimum Gasteiger partial charge on any atom is -0.468 e. The summed E-state index contributed by atoms with van der Waals surface area (Å²) in [7, 11) is 0. The van der Waals surface area contributed by atoms with Crippen LogP contribution in [0.5, 0.6) is 0 Å². The molecule has 0 amide bonds. The van der Waals surface area contributed by atoms with Gasteiger partial charge >= 0.3 is 0 Å². The Morgan fingerprint density at radius 1 is 1.47 bits per heavy atom. The van der Waals surface area contributed by atoms with Crippen molar-refractivity contribution >= 4 is 11.3 Å². The summed E-state index contributed by atoms with van der Waals surface area (Å²) in [5.41, 5.74) is 2.55. The van der Waals surface area contributed by atoms with Crippen LogP contribution in [0, 0.1) is 6.92 Å². The molecule has 0 aliphatic carbocycles. The summed E-state index contributed by atoms with van der Waals surface area (Å²) < 4.78 is 5.37. The topological polar surface area (TPSA) is 25.2 Å². The first kappa shape index (κ1) is 10.5. The van der Waals surface area contributed by atoms with Crippen LogP contribution in [-0.4, -0.2) is 0 Å². The van der Waals surface area contributed by atoms with Crippen LogP contribution in [0.4, 0.5) is 0 Å². The van der Waals surface area contributed by atoms with Gasteiger partial charge in [-0.05, 0) is 47.9 Å². The third-order valence-electron chi connectivity index (χ3n) is 2.58. The number of rotatable bonds is 4. The van der Waals surface area contributed by atoms with Gasteiger partial charge in [-0.15, -0.1) is 0 Å². The Bertz CT molecular complexity index is 405. The molecule has 0 spiro atoms. The first-order valence-electron chi connectivity index (χ1n) is 5.06. The van der Waals surface area contributed by atoms with Crippen molar-refractivity contribution in [1.82, 2.24) is 5.32 Å². The molecular weight excluding hydrogens is 206 g/mol. The van der Waals surface area contributed by atoms with Gasteiger partial charge in [0.25, 0.3) is 0 Å². The molecule has 0 aromatic carbocycles. The van der Waals surface area contributed by atoms with Gasteiger partial charge in [0.2, 0.25) is 0 Å². The van der Waals surface area contributed by atoms with Crippen LogP contribution in [0.3, 0.4) is 0 Å². The number of hydrogen-bond donors (Lipinski definition) is 1. The van der Waals surface area contributed by atoms with E-state index in [4.69, 9.17) is 4.42 Å². The van der Waals surface area contributed by atoms with E-state index >= 15 is 0 Å². The first-order chi connectivity index (χ1) is 7.27. The lowest BCUT2D eigenvalue weighted by Crippen LogP contribution is -2.17. The van der Waals surface area contributed by atoms with E-state index in [1.165, 1.54) is 11.1 Å². The Morgan fingerprint density at radius 2 is 2.33 bits per heavy atom. The molecule has 80 valence electrons. The molecule has 0 aliphatic heterocycles. The second-order valence-electron chi connectivity index (χ2n) is 3.69. The van der Waals surface area contributed by atoms with Crippen LogP contribution >= 0.6 is 11.3 Å². The molecule has 1 atom stereocenters. The molecule has 2 nitrogen and oxygen atoms in total. The second-order valence-corrected chi connectivity index (χ2v) is 4.47. The minimum absolute atomic E-state index is 0.376. The van der Waals surface area contributed by atoms with Crippen molar-refractivity contribution in [2.45, 2.75) is 26.4 Å². The molecule has 0 fully saturated rings. The van der Waals surface area contributed by atoms with Gasteiger partial charge in [-0.2, -0.15) is 11.3 Å². The maximum atomic E-state index is 5.37. The molecule has 0 saturated heterocycles. The lowest BCUT2D eigenvalue weighted by atomic mass is 10.2. The summed E-state index contributed by atoms with van der Waals surface area (Å²) in [4.78, 5) is 0. The standard InChI is InChI=1S/C12H15NOS/c1-9-3-5-14-12(9)7-13-10(2)11-4-6-15-8-11/h3-6,8,10,13H,7H2,1-2H3. The Morgan fingerprint density at radius 3 is 2.93 bits per heavy atom. The normalized spacial score (nSPS) is 12.9. The van der Waals surface area contributed by atoms with Gasteiger partial charge in [0, 0.05) is 6.04 Å². The van der Waals surface area contributed by atoms with Crippen molar-refractivity contribution in [3.63, 3.8) is 0 Å². The average molecular weight is 221 g/mol. The predicted octanol–water partition coefficient (Wildman–Crippen LogP) is 3.50. The van der Waals surface area contributed by atoms with E-state index in [1.54, 1.807) is 17.6 Å². The van der Waals surface area contributed by atoms with Crippen LogP contribution < -0.4 is 5.32 Å². The third kappa shape index (κ3) is 2.49. The van der Waals surface area contributed by atoms with Crippen LogP contribution in [0.1, 0.15) is 29.9 Å². The highest BCUT2D eigenvalue weighted by molar-refractivity contribution is 7.07. The highest BCUT2D eigenvalue weighted by atomic mass is 32.1. The van der Waals surface area contributed by atoms with Crippen LogP contribution in [-0.2, 0) is 6.54 Å². The van der Waals surface area contributed by atoms with Crippen molar-refractivity contribution in [3.05, 3.63) is 46.0 Å². The summed E-state index contributed by atoms with van der Waals surface area (Å²) >= 11 is 1.73. The van der Waals surface area contributed by atoms with E-state index in [-0.39, 0.29) is 0 Å². The fraction of sp³-hybridized carbons (Fsp3) is 0.333. The Labute approximate surface area is 93.9 Å². The van der Waals surface area contributed by atoms with Crippen LogP contribution in [0.15, 0.2) is 33.6 Å². The molecule has 2 aromatic rings. The molecule has 2 heterocycles. The van der Waals surface area contributed by atoms with Gasteiger partial charge < -0.3 is 9.73 Å². The zero-order valence-corrected chi connectivity index (χ0v) is 9.80. The summed E-state index contributed by atoms with van der Waals surface area (Å²) in [6.45, 7) is 5.02. The van der Waals surface area contributed by atoms with E-state index in [0.717, 1.165) is 12.3 Å². The molecule has 1 unspecified atom stereocenters. The molecule has 0 saturated carbocycles. The van der Waals surface area contributed by atoms with E-state index in [2.05, 4.69) is 36.0 Å². The Kier molecular flexibility index (Phi) is 3.23. The second kappa shape index (κ2) is 4.64. The van der Waals surface area contributed by atoms with Crippen molar-refractivity contribution < 1.29 is 4.42 Å². The van der Waals surface area contributed by atoms with Gasteiger partial charge in [0.1, 0.15) is 5.76 Å². The summed E-state index contributed by atoms with van der Waals surface area (Å²) in [6.07, 6.45) is 1.74. The number of hydrogen-bond acceptors (Lipinski definition) is 3. The minimum atomic E-state index is 0.376. The largest absolute Gasteiger partial charge is 0.468 e. The SMILES string of the molecule is Cc1ccoc1CNC(C)c1ccsc1. The van der Waals surface area contributed by atoms with Gasteiger partial charge in [0.15, 0.2) is 0 Å². The number of furan rings is 1. The maximum Gasteiger partial charge on any atom is 0.120 e. The number of thiophene rings is 1. The van der Waals surface area contributed by atoms with E-state index in [9.17, 15) is 0 Å². The molecule has 1 N–H and O–H groups in total. The molecule has 2 rings (SSSR count). The summed E-state index contributed by atoms with van der Waals surface area (Å²) in [5.74, 6) is 1.03. The van der Waals surface area contributed by atoms with Gasteiger partial charge in [-0.3, -0.25) is 0 Å². The fourth-order valence-electron chi connectivity index (χ4n) is 1.47. The smallest absolute Gasteiger partial charge is 0.120 e. The molecule has 0 radical (unpaired) electrons. The zero-order chi connectivity index (χ0) is 10.7. The lowest BCUT2D eigenvalue weighted by molar-refractivity contribution is 0.458. The molecule has 0 aliphatic rings. The zero-order valence-electron chi connectivity index (χ0n) is 8.99. The molecular formula is C12H15NOS.